The van der Waals surface area contributed by atoms with Crippen molar-refractivity contribution in [3.8, 4) is 5.13 Å². The van der Waals surface area contributed by atoms with Crippen molar-refractivity contribution in [2.45, 2.75) is 9.10 Å². The average molecular weight is 419 g/mol. The quantitative estimate of drug-likeness (QED) is 0.371. The maximum atomic E-state index is 12.7. The van der Waals surface area contributed by atoms with Gasteiger partial charge in [-0.1, -0.05) is 23.5 Å². The lowest BCUT2D eigenvalue weighted by Gasteiger charge is -2.00. The highest BCUT2D eigenvalue weighted by atomic mass is 32.2. The molecule has 11 heteroatoms. The van der Waals surface area contributed by atoms with Gasteiger partial charge in [-0.15, -0.1) is 0 Å². The highest BCUT2D eigenvalue weighted by Crippen LogP contribution is 2.30. The van der Waals surface area contributed by atoms with Crippen molar-refractivity contribution in [1.29, 1.82) is 0 Å². The minimum absolute atomic E-state index is 0.0456. The van der Waals surface area contributed by atoms with E-state index in [0.717, 1.165) is 28.2 Å². The standard InChI is InChI=1S/C16H9N3O5S3/c20-15-12-3-1-2-4-13(12)26-18(15)16-17-9-14(25-16)27(23,24)11-7-5-10(6-8-11)19(21)22/h1-9H. The van der Waals surface area contributed by atoms with E-state index in [9.17, 15) is 23.3 Å². The molecule has 0 saturated heterocycles. The van der Waals surface area contributed by atoms with E-state index in [4.69, 9.17) is 0 Å². The molecule has 0 amide bonds. The Kier molecular flexibility index (Phi) is 4.13. The molecule has 0 aliphatic carbocycles. The van der Waals surface area contributed by atoms with Gasteiger partial charge < -0.3 is 0 Å². The van der Waals surface area contributed by atoms with Crippen molar-refractivity contribution in [3.05, 3.63) is 75.2 Å². The smallest absolute Gasteiger partial charge is 0.267 e. The van der Waals surface area contributed by atoms with Crippen LogP contribution in [0.4, 0.5) is 5.69 Å². The first-order chi connectivity index (χ1) is 12.9. The summed E-state index contributed by atoms with van der Waals surface area (Å²) < 4.78 is 27.5. The van der Waals surface area contributed by atoms with Crippen molar-refractivity contribution in [2.75, 3.05) is 0 Å². The maximum absolute atomic E-state index is 12.7. The third-order valence-electron chi connectivity index (χ3n) is 3.76. The third-order valence-corrected chi connectivity index (χ3v) is 8.16. The fourth-order valence-corrected chi connectivity index (χ4v) is 5.98. The lowest BCUT2D eigenvalue weighted by Crippen LogP contribution is -2.10. The lowest BCUT2D eigenvalue weighted by molar-refractivity contribution is -0.384. The molecule has 0 N–H and O–H groups in total. The molecule has 0 fully saturated rings. The number of aromatic nitrogens is 2. The van der Waals surface area contributed by atoms with E-state index in [-0.39, 0.29) is 25.5 Å². The second kappa shape index (κ2) is 6.37. The molecule has 2 aromatic carbocycles. The van der Waals surface area contributed by atoms with Gasteiger partial charge in [0.05, 0.1) is 26.1 Å². The minimum atomic E-state index is -3.89. The van der Waals surface area contributed by atoms with Crippen LogP contribution in [0, 0.1) is 10.1 Å². The molecule has 2 aromatic heterocycles. The topological polar surface area (TPSA) is 112 Å². The van der Waals surface area contributed by atoms with Crippen molar-refractivity contribution in [1.82, 2.24) is 8.94 Å². The Morgan fingerprint density at radius 1 is 1.07 bits per heavy atom. The van der Waals surface area contributed by atoms with Gasteiger partial charge in [0.1, 0.15) is 4.21 Å². The normalized spacial score (nSPS) is 11.7. The number of nitrogens with zero attached hydrogens (tertiary/aromatic N) is 3. The zero-order valence-corrected chi connectivity index (χ0v) is 15.8. The fourth-order valence-electron chi connectivity index (χ4n) is 2.43. The Labute approximate surface area is 160 Å². The van der Waals surface area contributed by atoms with E-state index in [1.54, 1.807) is 18.2 Å². The van der Waals surface area contributed by atoms with Gasteiger partial charge in [0, 0.05) is 12.1 Å². The summed E-state index contributed by atoms with van der Waals surface area (Å²) in [6.45, 7) is 0. The Morgan fingerprint density at radius 3 is 2.44 bits per heavy atom. The van der Waals surface area contributed by atoms with Crippen LogP contribution in [-0.2, 0) is 9.84 Å². The van der Waals surface area contributed by atoms with Crippen molar-refractivity contribution in [2.24, 2.45) is 0 Å². The Morgan fingerprint density at radius 2 is 1.78 bits per heavy atom. The number of non-ortho nitro benzene ring substituents is 1. The Hall–Kier alpha value is -2.89. The predicted octanol–water partition coefficient (Wildman–Crippen LogP) is 3.25. The summed E-state index contributed by atoms with van der Waals surface area (Å²) in [5.74, 6) is 0. The molecule has 136 valence electrons. The van der Waals surface area contributed by atoms with Gasteiger partial charge in [0.2, 0.25) is 15.0 Å². The van der Waals surface area contributed by atoms with Gasteiger partial charge in [-0.05, 0) is 35.8 Å². The summed E-state index contributed by atoms with van der Waals surface area (Å²) >= 11 is 2.05. The van der Waals surface area contributed by atoms with Crippen LogP contribution < -0.4 is 5.56 Å². The number of thiazole rings is 1. The number of nitro benzene ring substituents is 1. The van der Waals surface area contributed by atoms with Crippen LogP contribution in [-0.4, -0.2) is 22.3 Å². The molecular weight excluding hydrogens is 410 g/mol. The SMILES string of the molecule is O=c1c2ccccc2sn1-c1ncc(S(=O)(=O)c2ccc([N+](=O)[O-])cc2)s1. The fraction of sp³-hybridized carbons (Fsp3) is 0. The molecule has 0 radical (unpaired) electrons. The molecule has 0 aliphatic heterocycles. The summed E-state index contributed by atoms with van der Waals surface area (Å²) in [6, 6.07) is 11.7. The molecule has 8 nitrogen and oxygen atoms in total. The van der Waals surface area contributed by atoms with Gasteiger partial charge in [-0.25, -0.2) is 17.4 Å². The monoisotopic (exact) mass is 419 g/mol. The summed E-state index contributed by atoms with van der Waals surface area (Å²) in [6.07, 6.45) is 1.19. The molecule has 0 aliphatic rings. The zero-order valence-electron chi connectivity index (χ0n) is 13.3. The van der Waals surface area contributed by atoms with Crippen molar-refractivity contribution in [3.63, 3.8) is 0 Å². The van der Waals surface area contributed by atoms with Crippen LogP contribution in [0.25, 0.3) is 15.2 Å². The summed E-state index contributed by atoms with van der Waals surface area (Å²) in [7, 11) is -3.89. The molecule has 2 heterocycles. The molecule has 4 aromatic rings. The molecule has 0 atom stereocenters. The number of nitro groups is 1. The third kappa shape index (κ3) is 2.95. The summed E-state index contributed by atoms with van der Waals surface area (Å²) in [4.78, 5) is 26.6. The first kappa shape index (κ1) is 17.5. The van der Waals surface area contributed by atoms with Crippen LogP contribution >= 0.6 is 22.9 Å². The lowest BCUT2D eigenvalue weighted by atomic mass is 10.3. The maximum Gasteiger partial charge on any atom is 0.275 e. The second-order valence-electron chi connectivity index (χ2n) is 5.40. The summed E-state index contributed by atoms with van der Waals surface area (Å²) in [5.41, 5.74) is -0.458. The van der Waals surface area contributed by atoms with E-state index in [1.807, 2.05) is 6.07 Å². The molecule has 4 rings (SSSR count). The van der Waals surface area contributed by atoms with Crippen LogP contribution in [0.5, 0.6) is 0 Å². The number of fused-ring (bicyclic) bond motifs is 1. The van der Waals surface area contributed by atoms with E-state index < -0.39 is 14.8 Å². The zero-order chi connectivity index (χ0) is 19.2. The minimum Gasteiger partial charge on any atom is -0.267 e. The molecule has 0 unspecified atom stereocenters. The van der Waals surface area contributed by atoms with E-state index in [1.165, 1.54) is 33.8 Å². The number of rotatable bonds is 4. The van der Waals surface area contributed by atoms with Crippen LogP contribution in [0.1, 0.15) is 0 Å². The molecule has 0 bridgehead atoms. The Bertz CT molecular complexity index is 1330. The van der Waals surface area contributed by atoms with Gasteiger partial charge in [0.15, 0.2) is 0 Å². The van der Waals surface area contributed by atoms with Gasteiger partial charge >= 0.3 is 0 Å². The number of hydrogen-bond donors (Lipinski definition) is 0. The Balaban J connectivity index is 1.76. The largest absolute Gasteiger partial charge is 0.275 e. The second-order valence-corrected chi connectivity index (χ2v) is 9.58. The van der Waals surface area contributed by atoms with Gasteiger partial charge in [-0.3, -0.25) is 14.9 Å². The van der Waals surface area contributed by atoms with E-state index >= 15 is 0 Å². The molecule has 0 saturated carbocycles. The first-order valence-corrected chi connectivity index (χ1v) is 10.5. The number of sulfone groups is 1. The van der Waals surface area contributed by atoms with E-state index in [0.29, 0.717) is 5.39 Å². The van der Waals surface area contributed by atoms with Crippen molar-refractivity contribution >= 4 is 48.5 Å². The van der Waals surface area contributed by atoms with Crippen LogP contribution in [0.15, 0.2) is 68.6 Å². The number of benzene rings is 2. The molecule has 27 heavy (non-hydrogen) atoms. The van der Waals surface area contributed by atoms with Gasteiger partial charge in [-0.2, -0.15) is 0 Å². The first-order valence-electron chi connectivity index (χ1n) is 7.45. The predicted molar refractivity (Wildman–Crippen MR) is 102 cm³/mol. The highest BCUT2D eigenvalue weighted by molar-refractivity contribution is 7.93. The number of hydrogen-bond acceptors (Lipinski definition) is 8. The van der Waals surface area contributed by atoms with Gasteiger partial charge in [0.25, 0.3) is 11.2 Å². The van der Waals surface area contributed by atoms with E-state index in [2.05, 4.69) is 4.98 Å². The average Bonchev–Trinajstić information content (AvgIpc) is 3.28. The van der Waals surface area contributed by atoms with Crippen molar-refractivity contribution < 1.29 is 13.3 Å². The molecular formula is C16H9N3O5S3. The van der Waals surface area contributed by atoms with Crippen LogP contribution in [0.2, 0.25) is 0 Å². The molecule has 0 spiro atoms. The van der Waals surface area contributed by atoms with Crippen LogP contribution in [0.3, 0.4) is 0 Å². The summed E-state index contributed by atoms with van der Waals surface area (Å²) in [5, 5.41) is 11.5. The highest BCUT2D eigenvalue weighted by Gasteiger charge is 2.23.